The largest absolute Gasteiger partial charge is 0.478 e. The molecule has 19 heavy (non-hydrogen) atoms. The predicted molar refractivity (Wildman–Crippen MR) is 71.1 cm³/mol. The lowest BCUT2D eigenvalue weighted by Crippen LogP contribution is -2.36. The van der Waals surface area contributed by atoms with E-state index in [0.717, 1.165) is 11.6 Å². The van der Waals surface area contributed by atoms with E-state index in [4.69, 9.17) is 9.84 Å². The summed E-state index contributed by atoms with van der Waals surface area (Å²) in [6.45, 7) is 3.58. The molecular formula is C14H15NO4. The maximum atomic E-state index is 11.7. The van der Waals surface area contributed by atoms with Crippen molar-refractivity contribution in [3.8, 4) is 5.75 Å². The van der Waals surface area contributed by atoms with E-state index in [1.165, 1.54) is 0 Å². The van der Waals surface area contributed by atoms with Crippen LogP contribution in [0.4, 0.5) is 5.69 Å². The van der Waals surface area contributed by atoms with Gasteiger partial charge in [0.1, 0.15) is 5.75 Å². The van der Waals surface area contributed by atoms with Crippen molar-refractivity contribution in [3.05, 3.63) is 29.8 Å². The normalized spacial score (nSPS) is 18.3. The average molecular weight is 261 g/mol. The quantitative estimate of drug-likeness (QED) is 0.818. The van der Waals surface area contributed by atoms with E-state index in [1.54, 1.807) is 25.1 Å². The van der Waals surface area contributed by atoms with E-state index < -0.39 is 12.1 Å². The number of carbonyl (C=O) groups is 2. The number of amides is 1. The molecule has 0 radical (unpaired) electrons. The summed E-state index contributed by atoms with van der Waals surface area (Å²) in [5, 5.41) is 11.5. The van der Waals surface area contributed by atoms with Gasteiger partial charge < -0.3 is 15.2 Å². The highest BCUT2D eigenvalue weighted by Gasteiger charge is 2.26. The minimum absolute atomic E-state index is 0.174. The molecule has 1 aliphatic rings. The van der Waals surface area contributed by atoms with Crippen LogP contribution in [0.25, 0.3) is 5.57 Å². The molecule has 0 fully saturated rings. The van der Waals surface area contributed by atoms with Crippen molar-refractivity contribution in [1.82, 2.24) is 0 Å². The number of aliphatic carboxylic acids is 1. The Morgan fingerprint density at radius 2 is 2.26 bits per heavy atom. The van der Waals surface area contributed by atoms with Crippen molar-refractivity contribution < 1.29 is 19.4 Å². The number of ether oxygens (including phenoxy) is 1. The first-order chi connectivity index (χ1) is 9.01. The van der Waals surface area contributed by atoms with E-state index in [9.17, 15) is 9.59 Å². The van der Waals surface area contributed by atoms with Gasteiger partial charge in [-0.2, -0.15) is 0 Å². The Labute approximate surface area is 110 Å². The van der Waals surface area contributed by atoms with Gasteiger partial charge in [-0.25, -0.2) is 4.79 Å². The molecule has 0 saturated heterocycles. The van der Waals surface area contributed by atoms with Crippen LogP contribution in [-0.2, 0) is 9.59 Å². The SMILES string of the molecule is CCC1Oc2ccc(/C(C)=C/C(=O)O)cc2NC1=O. The topological polar surface area (TPSA) is 75.6 Å². The molecule has 2 N–H and O–H groups in total. The minimum atomic E-state index is -0.999. The molecule has 0 bridgehead atoms. The fraction of sp³-hybridized carbons (Fsp3) is 0.286. The number of rotatable bonds is 3. The summed E-state index contributed by atoms with van der Waals surface area (Å²) in [7, 11) is 0. The van der Waals surface area contributed by atoms with Crippen LogP contribution in [0.2, 0.25) is 0 Å². The Morgan fingerprint density at radius 3 is 2.89 bits per heavy atom. The van der Waals surface area contributed by atoms with E-state index in [0.29, 0.717) is 23.4 Å². The van der Waals surface area contributed by atoms with Gasteiger partial charge in [-0.05, 0) is 36.6 Å². The molecule has 1 atom stereocenters. The van der Waals surface area contributed by atoms with E-state index in [2.05, 4.69) is 5.32 Å². The van der Waals surface area contributed by atoms with Crippen molar-refractivity contribution in [3.63, 3.8) is 0 Å². The number of hydrogen-bond acceptors (Lipinski definition) is 3. The van der Waals surface area contributed by atoms with Crippen molar-refractivity contribution in [1.29, 1.82) is 0 Å². The van der Waals surface area contributed by atoms with Gasteiger partial charge in [-0.15, -0.1) is 0 Å². The molecule has 1 aromatic carbocycles. The summed E-state index contributed by atoms with van der Waals surface area (Å²) in [4.78, 5) is 22.3. The van der Waals surface area contributed by atoms with Crippen LogP contribution in [0.1, 0.15) is 25.8 Å². The van der Waals surface area contributed by atoms with Crippen molar-refractivity contribution >= 4 is 23.1 Å². The number of anilines is 1. The van der Waals surface area contributed by atoms with Crippen LogP contribution in [0.5, 0.6) is 5.75 Å². The second-order valence-corrected chi connectivity index (χ2v) is 4.38. The Hall–Kier alpha value is -2.30. The molecule has 1 heterocycles. The fourth-order valence-electron chi connectivity index (χ4n) is 1.93. The molecule has 2 rings (SSSR count). The van der Waals surface area contributed by atoms with Gasteiger partial charge in [-0.1, -0.05) is 13.0 Å². The van der Waals surface area contributed by atoms with Crippen LogP contribution in [0, 0.1) is 0 Å². The van der Waals surface area contributed by atoms with Gasteiger partial charge in [0.25, 0.3) is 5.91 Å². The van der Waals surface area contributed by atoms with Crippen molar-refractivity contribution in [2.75, 3.05) is 5.32 Å². The number of carboxylic acids is 1. The third-order valence-corrected chi connectivity index (χ3v) is 2.97. The summed E-state index contributed by atoms with van der Waals surface area (Å²) in [6, 6.07) is 5.23. The summed E-state index contributed by atoms with van der Waals surface area (Å²) < 4.78 is 5.56. The monoisotopic (exact) mass is 261 g/mol. The lowest BCUT2D eigenvalue weighted by Gasteiger charge is -2.25. The molecule has 1 unspecified atom stereocenters. The van der Waals surface area contributed by atoms with Gasteiger partial charge in [-0.3, -0.25) is 4.79 Å². The van der Waals surface area contributed by atoms with Crippen LogP contribution >= 0.6 is 0 Å². The number of hydrogen-bond donors (Lipinski definition) is 2. The Kier molecular flexibility index (Phi) is 3.55. The molecule has 0 aromatic heterocycles. The zero-order valence-electron chi connectivity index (χ0n) is 10.8. The zero-order chi connectivity index (χ0) is 14.0. The van der Waals surface area contributed by atoms with Crippen LogP contribution in [-0.4, -0.2) is 23.1 Å². The van der Waals surface area contributed by atoms with E-state index >= 15 is 0 Å². The van der Waals surface area contributed by atoms with E-state index in [-0.39, 0.29) is 5.91 Å². The molecule has 0 aliphatic carbocycles. The molecule has 100 valence electrons. The maximum Gasteiger partial charge on any atom is 0.328 e. The first-order valence-corrected chi connectivity index (χ1v) is 6.04. The second kappa shape index (κ2) is 5.14. The highest BCUT2D eigenvalue weighted by Crippen LogP contribution is 2.32. The Balaban J connectivity index is 2.33. The maximum absolute atomic E-state index is 11.7. The summed E-state index contributed by atoms with van der Waals surface area (Å²) >= 11 is 0. The minimum Gasteiger partial charge on any atom is -0.478 e. The third-order valence-electron chi connectivity index (χ3n) is 2.97. The van der Waals surface area contributed by atoms with Gasteiger partial charge in [0.05, 0.1) is 5.69 Å². The van der Waals surface area contributed by atoms with Crippen molar-refractivity contribution in [2.45, 2.75) is 26.4 Å². The third kappa shape index (κ3) is 2.76. The summed E-state index contributed by atoms with van der Waals surface area (Å²) in [5.74, 6) is -0.563. The number of carboxylic acid groups (broad SMARTS) is 1. The summed E-state index contributed by atoms with van der Waals surface area (Å²) in [5.41, 5.74) is 1.92. The van der Waals surface area contributed by atoms with Crippen LogP contribution in [0.15, 0.2) is 24.3 Å². The smallest absolute Gasteiger partial charge is 0.328 e. The number of nitrogens with one attached hydrogen (secondary N) is 1. The van der Waals surface area contributed by atoms with Crippen molar-refractivity contribution in [2.24, 2.45) is 0 Å². The fourth-order valence-corrected chi connectivity index (χ4v) is 1.93. The molecule has 1 amide bonds. The van der Waals surface area contributed by atoms with Gasteiger partial charge in [0.15, 0.2) is 6.10 Å². The number of benzene rings is 1. The molecule has 0 spiro atoms. The van der Waals surface area contributed by atoms with Crippen LogP contribution in [0.3, 0.4) is 0 Å². The second-order valence-electron chi connectivity index (χ2n) is 4.38. The van der Waals surface area contributed by atoms with Crippen LogP contribution < -0.4 is 10.1 Å². The standard InChI is InChI=1S/C14H15NO4/c1-3-11-14(18)15-10-7-9(4-5-12(10)19-11)8(2)6-13(16)17/h4-7,11H,3H2,1-2H3,(H,15,18)(H,16,17)/b8-6+. The molecule has 5 heteroatoms. The number of carbonyl (C=O) groups excluding carboxylic acids is 1. The molecular weight excluding hydrogens is 246 g/mol. The van der Waals surface area contributed by atoms with Gasteiger partial charge >= 0.3 is 5.97 Å². The van der Waals surface area contributed by atoms with Gasteiger partial charge in [0, 0.05) is 6.08 Å². The first kappa shape index (κ1) is 13.1. The lowest BCUT2D eigenvalue weighted by atomic mass is 10.0. The highest BCUT2D eigenvalue weighted by atomic mass is 16.5. The van der Waals surface area contributed by atoms with E-state index in [1.807, 2.05) is 6.92 Å². The number of fused-ring (bicyclic) bond motifs is 1. The first-order valence-electron chi connectivity index (χ1n) is 6.04. The molecule has 0 saturated carbocycles. The van der Waals surface area contributed by atoms with Gasteiger partial charge in [0.2, 0.25) is 0 Å². The molecule has 1 aliphatic heterocycles. The Morgan fingerprint density at radius 1 is 1.53 bits per heavy atom. The lowest BCUT2D eigenvalue weighted by molar-refractivity contribution is -0.131. The zero-order valence-corrected chi connectivity index (χ0v) is 10.8. The molecule has 1 aromatic rings. The highest BCUT2D eigenvalue weighted by molar-refractivity contribution is 5.98. The summed E-state index contributed by atoms with van der Waals surface area (Å²) in [6.07, 6.45) is 1.27. The molecule has 5 nitrogen and oxygen atoms in total. The number of allylic oxidation sites excluding steroid dienone is 1. The predicted octanol–water partition coefficient (Wildman–Crippen LogP) is 2.28. The average Bonchev–Trinajstić information content (AvgIpc) is 2.36. The Bertz CT molecular complexity index is 563.